The van der Waals surface area contributed by atoms with Gasteiger partial charge in [-0.1, -0.05) is 11.6 Å². The van der Waals surface area contributed by atoms with E-state index in [4.69, 9.17) is 21.1 Å². The van der Waals surface area contributed by atoms with Gasteiger partial charge in [0.15, 0.2) is 0 Å². The molecule has 0 atom stereocenters. The number of halogens is 1. The van der Waals surface area contributed by atoms with E-state index in [9.17, 15) is 4.79 Å². The number of amides is 1. The van der Waals surface area contributed by atoms with Crippen LogP contribution >= 0.6 is 11.6 Å². The second-order valence-corrected chi connectivity index (χ2v) is 8.03. The van der Waals surface area contributed by atoms with Crippen LogP contribution in [-0.2, 0) is 4.74 Å². The van der Waals surface area contributed by atoms with Crippen molar-refractivity contribution in [2.24, 2.45) is 5.92 Å². The number of carbonyl (C=O) groups excluding carboxylic acids is 1. The first-order valence-corrected chi connectivity index (χ1v) is 10.5. The van der Waals surface area contributed by atoms with Gasteiger partial charge in [0.1, 0.15) is 5.75 Å². The van der Waals surface area contributed by atoms with Gasteiger partial charge in [0.05, 0.1) is 13.7 Å². The third kappa shape index (κ3) is 5.29. The third-order valence-electron chi connectivity index (χ3n) is 5.88. The van der Waals surface area contributed by atoms with Gasteiger partial charge < -0.3 is 19.3 Å². The molecule has 3 rings (SSSR count). The molecule has 150 valence electrons. The molecule has 0 aromatic heterocycles. The molecule has 1 aromatic carbocycles. The molecule has 2 heterocycles. The Morgan fingerprint density at radius 1 is 1.15 bits per heavy atom. The van der Waals surface area contributed by atoms with Crippen LogP contribution in [-0.4, -0.2) is 62.3 Å². The van der Waals surface area contributed by atoms with Gasteiger partial charge in [-0.2, -0.15) is 0 Å². The summed E-state index contributed by atoms with van der Waals surface area (Å²) in [4.78, 5) is 16.2. The number of ether oxygens (including phenoxy) is 2. The van der Waals surface area contributed by atoms with E-state index in [1.165, 1.54) is 5.56 Å². The van der Waals surface area contributed by atoms with Gasteiger partial charge in [0, 0.05) is 24.7 Å². The maximum Gasteiger partial charge on any atom is 0.409 e. The van der Waals surface area contributed by atoms with Crippen LogP contribution in [0.2, 0.25) is 5.02 Å². The monoisotopic (exact) mass is 394 g/mol. The van der Waals surface area contributed by atoms with Crippen LogP contribution in [0.15, 0.2) is 18.2 Å². The van der Waals surface area contributed by atoms with Gasteiger partial charge in [-0.05, 0) is 81.3 Å². The van der Waals surface area contributed by atoms with Gasteiger partial charge in [-0.15, -0.1) is 0 Å². The molecule has 0 aliphatic carbocycles. The highest BCUT2D eigenvalue weighted by Crippen LogP contribution is 2.36. The summed E-state index contributed by atoms with van der Waals surface area (Å²) in [5, 5.41) is 0.779. The lowest BCUT2D eigenvalue weighted by atomic mass is 9.87. The second kappa shape index (κ2) is 9.65. The van der Waals surface area contributed by atoms with Crippen molar-refractivity contribution in [3.8, 4) is 5.75 Å². The highest BCUT2D eigenvalue weighted by Gasteiger charge is 2.28. The van der Waals surface area contributed by atoms with E-state index in [1.54, 1.807) is 7.11 Å². The number of methoxy groups -OCH3 is 1. The van der Waals surface area contributed by atoms with Gasteiger partial charge >= 0.3 is 6.09 Å². The van der Waals surface area contributed by atoms with Crippen molar-refractivity contribution in [3.63, 3.8) is 0 Å². The molecule has 0 unspecified atom stereocenters. The molecule has 2 aliphatic rings. The number of nitrogens with zero attached hydrogens (tertiary/aromatic N) is 2. The fourth-order valence-corrected chi connectivity index (χ4v) is 4.51. The Labute approximate surface area is 167 Å². The highest BCUT2D eigenvalue weighted by molar-refractivity contribution is 6.30. The molecule has 2 fully saturated rings. The van der Waals surface area contributed by atoms with E-state index in [0.29, 0.717) is 18.4 Å². The van der Waals surface area contributed by atoms with Crippen molar-refractivity contribution in [2.75, 3.05) is 46.4 Å². The van der Waals surface area contributed by atoms with Crippen molar-refractivity contribution in [2.45, 2.75) is 38.5 Å². The van der Waals surface area contributed by atoms with Crippen LogP contribution < -0.4 is 4.74 Å². The lowest BCUT2D eigenvalue weighted by molar-refractivity contribution is 0.0830. The molecule has 6 heteroatoms. The predicted octanol–water partition coefficient (Wildman–Crippen LogP) is 4.40. The first kappa shape index (κ1) is 20.3. The summed E-state index contributed by atoms with van der Waals surface area (Å²) in [5.74, 6) is 2.14. The van der Waals surface area contributed by atoms with Crippen LogP contribution in [0.4, 0.5) is 4.79 Å². The lowest BCUT2D eigenvalue weighted by Gasteiger charge is -2.37. The van der Waals surface area contributed by atoms with Gasteiger partial charge in [0.25, 0.3) is 0 Å². The predicted molar refractivity (Wildman–Crippen MR) is 108 cm³/mol. The van der Waals surface area contributed by atoms with Gasteiger partial charge in [0.2, 0.25) is 0 Å². The molecule has 0 bridgehead atoms. The number of benzene rings is 1. The number of hydrogen-bond donors (Lipinski definition) is 0. The third-order valence-corrected chi connectivity index (χ3v) is 6.11. The lowest BCUT2D eigenvalue weighted by Crippen LogP contribution is -2.43. The molecular formula is C21H31ClN2O3. The molecule has 0 N–H and O–H groups in total. The zero-order valence-electron chi connectivity index (χ0n) is 16.5. The van der Waals surface area contributed by atoms with E-state index >= 15 is 0 Å². The minimum absolute atomic E-state index is 0.160. The Balaban J connectivity index is 1.45. The summed E-state index contributed by atoms with van der Waals surface area (Å²) < 4.78 is 10.6. The summed E-state index contributed by atoms with van der Waals surface area (Å²) in [7, 11) is 1.73. The maximum atomic E-state index is 11.8. The van der Waals surface area contributed by atoms with Crippen molar-refractivity contribution < 1.29 is 14.3 Å². The number of piperidine rings is 2. The smallest absolute Gasteiger partial charge is 0.409 e. The summed E-state index contributed by atoms with van der Waals surface area (Å²) in [5.41, 5.74) is 1.24. The van der Waals surface area contributed by atoms with Gasteiger partial charge in [-0.25, -0.2) is 4.79 Å². The number of rotatable bonds is 5. The largest absolute Gasteiger partial charge is 0.496 e. The normalized spacial score (nSPS) is 19.9. The molecular weight excluding hydrogens is 364 g/mol. The van der Waals surface area contributed by atoms with Crippen LogP contribution in [0.3, 0.4) is 0 Å². The maximum absolute atomic E-state index is 11.8. The minimum Gasteiger partial charge on any atom is -0.496 e. The van der Waals surface area contributed by atoms with Crippen molar-refractivity contribution in [1.82, 2.24) is 9.80 Å². The standard InChI is InChI=1S/C21H31ClN2O3/c1-3-27-21(25)24-12-6-16(7-13-24)15-23-10-8-17(9-11-23)19-14-18(22)4-5-20(19)26-2/h4-5,14,16-17H,3,6-13,15H2,1-2H3. The quantitative estimate of drug-likeness (QED) is 0.742. The molecule has 2 saturated heterocycles. The van der Waals surface area contributed by atoms with E-state index < -0.39 is 0 Å². The summed E-state index contributed by atoms with van der Waals surface area (Å²) in [6.07, 6.45) is 4.26. The van der Waals surface area contributed by atoms with Crippen LogP contribution in [0.1, 0.15) is 44.1 Å². The summed E-state index contributed by atoms with van der Waals surface area (Å²) in [6.45, 7) is 7.30. The van der Waals surface area contributed by atoms with E-state index in [2.05, 4.69) is 11.0 Å². The van der Waals surface area contributed by atoms with Crippen LogP contribution in [0.5, 0.6) is 5.75 Å². The molecule has 2 aliphatic heterocycles. The van der Waals surface area contributed by atoms with Crippen molar-refractivity contribution in [1.29, 1.82) is 0 Å². The molecule has 1 aromatic rings. The number of carbonyl (C=O) groups is 1. The van der Waals surface area contributed by atoms with Crippen LogP contribution in [0.25, 0.3) is 0 Å². The summed E-state index contributed by atoms with van der Waals surface area (Å²) in [6, 6.07) is 5.93. The Kier molecular flexibility index (Phi) is 7.25. The Morgan fingerprint density at radius 2 is 1.85 bits per heavy atom. The zero-order valence-corrected chi connectivity index (χ0v) is 17.2. The average molecular weight is 395 g/mol. The fraction of sp³-hybridized carbons (Fsp3) is 0.667. The van der Waals surface area contributed by atoms with Crippen LogP contribution in [0, 0.1) is 5.92 Å². The Hall–Kier alpha value is -1.46. The Bertz CT molecular complexity index is 624. The first-order valence-electron chi connectivity index (χ1n) is 10.1. The Morgan fingerprint density at radius 3 is 2.48 bits per heavy atom. The number of hydrogen-bond acceptors (Lipinski definition) is 4. The molecule has 0 spiro atoms. The minimum atomic E-state index is -0.160. The molecule has 27 heavy (non-hydrogen) atoms. The topological polar surface area (TPSA) is 42.0 Å². The zero-order chi connectivity index (χ0) is 19.2. The first-order chi connectivity index (χ1) is 13.1. The molecule has 0 radical (unpaired) electrons. The van der Waals surface area contributed by atoms with E-state index in [-0.39, 0.29) is 6.09 Å². The molecule has 0 saturated carbocycles. The average Bonchev–Trinajstić information content (AvgIpc) is 2.69. The van der Waals surface area contributed by atoms with E-state index in [0.717, 1.165) is 69.2 Å². The van der Waals surface area contributed by atoms with E-state index in [1.807, 2.05) is 24.0 Å². The molecule has 1 amide bonds. The van der Waals surface area contributed by atoms with Crippen molar-refractivity contribution in [3.05, 3.63) is 28.8 Å². The summed E-state index contributed by atoms with van der Waals surface area (Å²) >= 11 is 6.20. The SMILES string of the molecule is CCOC(=O)N1CCC(CN2CCC(c3cc(Cl)ccc3OC)CC2)CC1. The molecule has 5 nitrogen and oxygen atoms in total. The van der Waals surface area contributed by atoms with Crippen molar-refractivity contribution >= 4 is 17.7 Å². The number of likely N-dealkylation sites (tertiary alicyclic amines) is 2. The van der Waals surface area contributed by atoms with Gasteiger partial charge in [-0.3, -0.25) is 0 Å². The highest BCUT2D eigenvalue weighted by atomic mass is 35.5. The second-order valence-electron chi connectivity index (χ2n) is 7.59. The fourth-order valence-electron chi connectivity index (χ4n) is 4.33.